The Morgan fingerprint density at radius 1 is 1.27 bits per heavy atom. The lowest BCUT2D eigenvalue weighted by Gasteiger charge is -2.04. The maximum absolute atomic E-state index is 4.28. The second-order valence-electron chi connectivity index (χ2n) is 3.47. The van der Waals surface area contributed by atoms with Crippen LogP contribution in [0.5, 0.6) is 0 Å². The normalized spacial score (nSPS) is 10.3. The number of hydrogen-bond donors (Lipinski definition) is 1. The van der Waals surface area contributed by atoms with Crippen LogP contribution in [0.2, 0.25) is 0 Å². The molecule has 0 saturated heterocycles. The molecular formula is C10H13N5. The van der Waals surface area contributed by atoms with Crippen LogP contribution in [0.3, 0.4) is 0 Å². The monoisotopic (exact) mass is 203 g/mol. The van der Waals surface area contributed by atoms with Crippen molar-refractivity contribution < 1.29 is 0 Å². The maximum atomic E-state index is 4.28. The van der Waals surface area contributed by atoms with Gasteiger partial charge in [-0.1, -0.05) is 0 Å². The summed E-state index contributed by atoms with van der Waals surface area (Å²) in [6.45, 7) is 3.82. The van der Waals surface area contributed by atoms with Crippen LogP contribution in [0.1, 0.15) is 11.5 Å². The molecule has 2 aromatic rings. The molecule has 0 atom stereocenters. The first-order valence-electron chi connectivity index (χ1n) is 4.71. The average molecular weight is 203 g/mol. The highest BCUT2D eigenvalue weighted by Crippen LogP contribution is 2.13. The molecule has 0 amide bonds. The highest BCUT2D eigenvalue weighted by Gasteiger charge is 2.00. The minimum Gasteiger partial charge on any atom is -0.338 e. The molecule has 2 heterocycles. The van der Waals surface area contributed by atoms with Crippen molar-refractivity contribution in [3.63, 3.8) is 0 Å². The molecule has 78 valence electrons. The van der Waals surface area contributed by atoms with Crippen molar-refractivity contribution in [2.75, 3.05) is 5.32 Å². The molecule has 0 fully saturated rings. The summed E-state index contributed by atoms with van der Waals surface area (Å²) in [6.07, 6.45) is 3.65. The SMILES string of the molecule is Cc1cc(Nc2cnn(C)c2)nc(C)n1. The minimum atomic E-state index is 0.765. The van der Waals surface area contributed by atoms with Gasteiger partial charge in [-0.25, -0.2) is 9.97 Å². The Labute approximate surface area is 88.2 Å². The molecule has 2 aromatic heterocycles. The zero-order chi connectivity index (χ0) is 10.8. The van der Waals surface area contributed by atoms with Crippen molar-refractivity contribution in [2.45, 2.75) is 13.8 Å². The Balaban J connectivity index is 2.24. The van der Waals surface area contributed by atoms with Gasteiger partial charge in [-0.3, -0.25) is 4.68 Å². The van der Waals surface area contributed by atoms with E-state index in [0.29, 0.717) is 0 Å². The third-order valence-corrected chi connectivity index (χ3v) is 1.94. The first-order valence-corrected chi connectivity index (χ1v) is 4.71. The lowest BCUT2D eigenvalue weighted by Crippen LogP contribution is -1.97. The molecular weight excluding hydrogens is 190 g/mol. The summed E-state index contributed by atoms with van der Waals surface area (Å²) in [5, 5.41) is 7.24. The summed E-state index contributed by atoms with van der Waals surface area (Å²) in [5.74, 6) is 1.56. The van der Waals surface area contributed by atoms with Crippen LogP contribution in [-0.4, -0.2) is 19.7 Å². The van der Waals surface area contributed by atoms with E-state index in [1.54, 1.807) is 10.9 Å². The van der Waals surface area contributed by atoms with Gasteiger partial charge in [-0.2, -0.15) is 5.10 Å². The maximum Gasteiger partial charge on any atom is 0.134 e. The summed E-state index contributed by atoms with van der Waals surface area (Å²) in [7, 11) is 1.88. The first-order chi connectivity index (χ1) is 7.13. The molecule has 0 unspecified atom stereocenters. The number of aryl methyl sites for hydroxylation is 3. The number of hydrogen-bond acceptors (Lipinski definition) is 4. The fraction of sp³-hybridized carbons (Fsp3) is 0.300. The van der Waals surface area contributed by atoms with Crippen LogP contribution < -0.4 is 5.32 Å². The van der Waals surface area contributed by atoms with E-state index in [-0.39, 0.29) is 0 Å². The topological polar surface area (TPSA) is 55.6 Å². The van der Waals surface area contributed by atoms with Crippen LogP contribution in [0.25, 0.3) is 0 Å². The Kier molecular flexibility index (Phi) is 2.37. The third-order valence-electron chi connectivity index (χ3n) is 1.94. The predicted molar refractivity (Wildman–Crippen MR) is 58.0 cm³/mol. The molecule has 0 aliphatic rings. The molecule has 1 N–H and O–H groups in total. The fourth-order valence-electron chi connectivity index (χ4n) is 1.41. The zero-order valence-electron chi connectivity index (χ0n) is 9.02. The largest absolute Gasteiger partial charge is 0.338 e. The Morgan fingerprint density at radius 3 is 2.67 bits per heavy atom. The van der Waals surface area contributed by atoms with Gasteiger partial charge in [0.1, 0.15) is 11.6 Å². The van der Waals surface area contributed by atoms with Crippen LogP contribution >= 0.6 is 0 Å². The number of nitrogens with zero attached hydrogens (tertiary/aromatic N) is 4. The van der Waals surface area contributed by atoms with Gasteiger partial charge >= 0.3 is 0 Å². The fourth-order valence-corrected chi connectivity index (χ4v) is 1.41. The number of nitrogens with one attached hydrogen (secondary N) is 1. The van der Waals surface area contributed by atoms with E-state index >= 15 is 0 Å². The highest BCUT2D eigenvalue weighted by molar-refractivity contribution is 5.53. The molecule has 0 saturated carbocycles. The number of anilines is 2. The molecule has 0 spiro atoms. The first kappa shape index (κ1) is 9.64. The van der Waals surface area contributed by atoms with Gasteiger partial charge in [0, 0.05) is 25.0 Å². The van der Waals surface area contributed by atoms with Gasteiger partial charge in [0.25, 0.3) is 0 Å². The van der Waals surface area contributed by atoms with Crippen LogP contribution in [0.15, 0.2) is 18.5 Å². The highest BCUT2D eigenvalue weighted by atomic mass is 15.3. The summed E-state index contributed by atoms with van der Waals surface area (Å²) < 4.78 is 1.74. The van der Waals surface area contributed by atoms with Gasteiger partial charge in [-0.15, -0.1) is 0 Å². The molecule has 0 aliphatic heterocycles. The summed E-state index contributed by atoms with van der Waals surface area (Å²) in [4.78, 5) is 8.49. The van der Waals surface area contributed by atoms with Gasteiger partial charge in [0.15, 0.2) is 0 Å². The Hall–Kier alpha value is -1.91. The van der Waals surface area contributed by atoms with E-state index in [1.165, 1.54) is 0 Å². The number of rotatable bonds is 2. The third kappa shape index (κ3) is 2.31. The second-order valence-corrected chi connectivity index (χ2v) is 3.47. The molecule has 0 aliphatic carbocycles. The summed E-state index contributed by atoms with van der Waals surface area (Å²) >= 11 is 0. The van der Waals surface area contributed by atoms with Gasteiger partial charge in [0.2, 0.25) is 0 Å². The molecule has 15 heavy (non-hydrogen) atoms. The van der Waals surface area contributed by atoms with Crippen molar-refractivity contribution in [3.05, 3.63) is 30.0 Å². The zero-order valence-corrected chi connectivity index (χ0v) is 9.02. The van der Waals surface area contributed by atoms with Crippen molar-refractivity contribution in [1.29, 1.82) is 0 Å². The van der Waals surface area contributed by atoms with Gasteiger partial charge in [-0.05, 0) is 13.8 Å². The van der Waals surface area contributed by atoms with E-state index in [2.05, 4.69) is 20.4 Å². The molecule has 0 radical (unpaired) electrons. The summed E-state index contributed by atoms with van der Waals surface area (Å²) in [6, 6.07) is 1.90. The van der Waals surface area contributed by atoms with E-state index in [4.69, 9.17) is 0 Å². The Bertz CT molecular complexity index is 454. The molecule has 0 bridgehead atoms. The molecule has 5 nitrogen and oxygen atoms in total. The Morgan fingerprint density at radius 2 is 2.07 bits per heavy atom. The lowest BCUT2D eigenvalue weighted by atomic mass is 10.4. The quantitative estimate of drug-likeness (QED) is 0.805. The van der Waals surface area contributed by atoms with Crippen molar-refractivity contribution in [1.82, 2.24) is 19.7 Å². The van der Waals surface area contributed by atoms with Crippen molar-refractivity contribution in [3.8, 4) is 0 Å². The van der Waals surface area contributed by atoms with E-state index in [1.807, 2.05) is 33.2 Å². The molecule has 2 rings (SSSR count). The average Bonchev–Trinajstić information content (AvgIpc) is 2.49. The second kappa shape index (κ2) is 3.68. The van der Waals surface area contributed by atoms with Crippen molar-refractivity contribution >= 4 is 11.5 Å². The standard InChI is InChI=1S/C10H13N5/c1-7-4-10(13-8(2)12-7)14-9-5-11-15(3)6-9/h4-6H,1-3H3,(H,12,13,14). The lowest BCUT2D eigenvalue weighted by molar-refractivity contribution is 0.768. The van der Waals surface area contributed by atoms with Crippen LogP contribution in [-0.2, 0) is 7.05 Å². The van der Waals surface area contributed by atoms with Crippen molar-refractivity contribution in [2.24, 2.45) is 7.05 Å². The van der Waals surface area contributed by atoms with E-state index in [9.17, 15) is 0 Å². The predicted octanol–water partition coefficient (Wildman–Crippen LogP) is 1.57. The minimum absolute atomic E-state index is 0.765. The summed E-state index contributed by atoms with van der Waals surface area (Å²) in [5.41, 5.74) is 1.88. The molecule has 5 heteroatoms. The van der Waals surface area contributed by atoms with Gasteiger partial charge < -0.3 is 5.32 Å². The van der Waals surface area contributed by atoms with E-state index in [0.717, 1.165) is 23.0 Å². The number of aromatic nitrogens is 4. The van der Waals surface area contributed by atoms with Crippen LogP contribution in [0.4, 0.5) is 11.5 Å². The van der Waals surface area contributed by atoms with Gasteiger partial charge in [0.05, 0.1) is 11.9 Å². The van der Waals surface area contributed by atoms with Crippen LogP contribution in [0, 0.1) is 13.8 Å². The van der Waals surface area contributed by atoms with E-state index < -0.39 is 0 Å². The smallest absolute Gasteiger partial charge is 0.134 e. The molecule has 0 aromatic carbocycles.